The highest BCUT2D eigenvalue weighted by atomic mass is 16.6. The molecule has 0 spiro atoms. The molecule has 1 rings (SSSR count). The molecule has 19 heavy (non-hydrogen) atoms. The summed E-state index contributed by atoms with van der Waals surface area (Å²) in [6.07, 6.45) is 2.92. The normalized spacial score (nSPS) is 17.1. The van der Waals surface area contributed by atoms with Crippen LogP contribution in [-0.2, 0) is 4.74 Å². The summed E-state index contributed by atoms with van der Waals surface area (Å²) in [5.74, 6) is 0. The second-order valence-corrected chi connectivity index (χ2v) is 5.50. The van der Waals surface area contributed by atoms with E-state index >= 15 is 0 Å². The Morgan fingerprint density at radius 1 is 1.37 bits per heavy atom. The fourth-order valence-electron chi connectivity index (χ4n) is 1.64. The lowest BCUT2D eigenvalue weighted by Crippen LogP contribution is -2.60. The molecule has 0 aromatic carbocycles. The molecule has 0 atom stereocenters. The maximum absolute atomic E-state index is 11.7. The number of allylic oxidation sites excluding steroid dienone is 2. The molecular formula is C14H23N3O2. The van der Waals surface area contributed by atoms with Gasteiger partial charge < -0.3 is 20.7 Å². The van der Waals surface area contributed by atoms with Gasteiger partial charge in [-0.1, -0.05) is 13.2 Å². The molecular weight excluding hydrogens is 242 g/mol. The zero-order chi connectivity index (χ0) is 14.6. The van der Waals surface area contributed by atoms with Crippen molar-refractivity contribution in [2.45, 2.75) is 32.4 Å². The first-order valence-electron chi connectivity index (χ1n) is 6.26. The minimum Gasteiger partial charge on any atom is -0.444 e. The fraction of sp³-hybridized carbons (Fsp3) is 0.500. The third-order valence-corrected chi connectivity index (χ3v) is 2.63. The lowest BCUT2D eigenvalue weighted by molar-refractivity contribution is 0.00635. The van der Waals surface area contributed by atoms with Gasteiger partial charge in [-0.15, -0.1) is 0 Å². The number of nitrogens with one attached hydrogen (secondary N) is 1. The molecule has 106 valence electrons. The van der Waals surface area contributed by atoms with E-state index in [0.29, 0.717) is 18.8 Å². The number of carbonyl (C=O) groups excluding carboxylic acids is 1. The summed E-state index contributed by atoms with van der Waals surface area (Å²) in [4.78, 5) is 13.4. The van der Waals surface area contributed by atoms with Crippen LogP contribution in [0.25, 0.3) is 0 Å². The average Bonchev–Trinajstić information content (AvgIpc) is 2.24. The first-order valence-corrected chi connectivity index (χ1v) is 6.26. The summed E-state index contributed by atoms with van der Waals surface area (Å²) in [6, 6.07) is 0.166. The van der Waals surface area contributed by atoms with Gasteiger partial charge in [-0.3, -0.25) is 0 Å². The molecule has 1 aliphatic rings. The Morgan fingerprint density at radius 3 is 2.37 bits per heavy atom. The topological polar surface area (TPSA) is 67.6 Å². The van der Waals surface area contributed by atoms with Gasteiger partial charge in [-0.25, -0.2) is 4.79 Å². The molecule has 3 N–H and O–H groups in total. The van der Waals surface area contributed by atoms with Crippen LogP contribution >= 0.6 is 0 Å². The number of hydrogen-bond donors (Lipinski definition) is 2. The number of carbonyl (C=O) groups is 1. The predicted molar refractivity (Wildman–Crippen MR) is 76.3 cm³/mol. The molecule has 0 radical (unpaired) electrons. The van der Waals surface area contributed by atoms with E-state index in [-0.39, 0.29) is 12.1 Å². The van der Waals surface area contributed by atoms with Crippen molar-refractivity contribution >= 4 is 6.09 Å². The number of hydrogen-bond acceptors (Lipinski definition) is 4. The standard InChI is InChI=1S/C14H23N3O2/c1-6-11(15)12(7-2)16-10-8-17(9-10)13(18)19-14(3,4)5/h6-7,10,16H,1-2,8-9,15H2,3-5H3/b12-11-. The second-order valence-electron chi connectivity index (χ2n) is 5.50. The van der Waals surface area contributed by atoms with E-state index in [1.807, 2.05) is 20.8 Å². The molecule has 1 heterocycles. The molecule has 1 saturated heterocycles. The minimum absolute atomic E-state index is 0.166. The van der Waals surface area contributed by atoms with Crippen molar-refractivity contribution in [3.63, 3.8) is 0 Å². The summed E-state index contributed by atoms with van der Waals surface area (Å²) in [7, 11) is 0. The Bertz CT molecular complexity index is 401. The first kappa shape index (κ1) is 15.1. The van der Waals surface area contributed by atoms with Gasteiger partial charge in [0, 0.05) is 13.1 Å². The van der Waals surface area contributed by atoms with Crippen LogP contribution in [0.2, 0.25) is 0 Å². The molecule has 0 unspecified atom stereocenters. The van der Waals surface area contributed by atoms with Crippen molar-refractivity contribution in [3.8, 4) is 0 Å². The Kier molecular flexibility index (Phi) is 4.64. The maximum atomic E-state index is 11.7. The van der Waals surface area contributed by atoms with Crippen LogP contribution in [0.15, 0.2) is 36.7 Å². The van der Waals surface area contributed by atoms with Gasteiger partial charge in [-0.2, -0.15) is 0 Å². The number of ether oxygens (including phenoxy) is 1. The van der Waals surface area contributed by atoms with E-state index in [1.54, 1.807) is 17.1 Å². The lowest BCUT2D eigenvalue weighted by atomic mass is 10.1. The number of nitrogens with zero attached hydrogens (tertiary/aromatic N) is 1. The highest BCUT2D eigenvalue weighted by Crippen LogP contribution is 2.16. The molecule has 0 saturated carbocycles. The van der Waals surface area contributed by atoms with Crippen LogP contribution in [-0.4, -0.2) is 35.7 Å². The monoisotopic (exact) mass is 265 g/mol. The third kappa shape index (κ3) is 4.35. The van der Waals surface area contributed by atoms with Crippen LogP contribution < -0.4 is 11.1 Å². The second kappa shape index (κ2) is 5.82. The molecule has 0 aromatic rings. The molecule has 1 amide bonds. The SMILES string of the molecule is C=C/C(N)=C(\C=C)NC1CN(C(=O)OC(C)(C)C)C1. The molecule has 1 aliphatic heterocycles. The summed E-state index contributed by atoms with van der Waals surface area (Å²) in [6.45, 7) is 14.0. The third-order valence-electron chi connectivity index (χ3n) is 2.63. The van der Waals surface area contributed by atoms with Gasteiger partial charge in [0.25, 0.3) is 0 Å². The number of amides is 1. The van der Waals surface area contributed by atoms with Gasteiger partial charge in [0.15, 0.2) is 0 Å². The van der Waals surface area contributed by atoms with Crippen molar-refractivity contribution in [2.24, 2.45) is 5.73 Å². The molecule has 5 nitrogen and oxygen atoms in total. The highest BCUT2D eigenvalue weighted by Gasteiger charge is 2.33. The minimum atomic E-state index is -0.463. The number of likely N-dealkylation sites (tertiary alicyclic amines) is 1. The first-order chi connectivity index (χ1) is 8.76. The molecule has 1 fully saturated rings. The summed E-state index contributed by atoms with van der Waals surface area (Å²) in [5.41, 5.74) is 6.58. The smallest absolute Gasteiger partial charge is 0.410 e. The average molecular weight is 265 g/mol. The van der Waals surface area contributed by atoms with Crippen molar-refractivity contribution in [2.75, 3.05) is 13.1 Å². The van der Waals surface area contributed by atoms with Crippen LogP contribution in [0, 0.1) is 0 Å². The Balaban J connectivity index is 2.44. The molecule has 5 heteroatoms. The van der Waals surface area contributed by atoms with Gasteiger partial charge in [-0.05, 0) is 32.9 Å². The van der Waals surface area contributed by atoms with Crippen LogP contribution in [0.1, 0.15) is 20.8 Å². The van der Waals surface area contributed by atoms with Crippen LogP contribution in [0.4, 0.5) is 4.79 Å². The van der Waals surface area contributed by atoms with Gasteiger partial charge in [0.2, 0.25) is 0 Å². The summed E-state index contributed by atoms with van der Waals surface area (Å²) < 4.78 is 5.28. The van der Waals surface area contributed by atoms with Crippen molar-refractivity contribution < 1.29 is 9.53 Å². The summed E-state index contributed by atoms with van der Waals surface area (Å²) in [5, 5.41) is 3.22. The largest absolute Gasteiger partial charge is 0.444 e. The summed E-state index contributed by atoms with van der Waals surface area (Å²) >= 11 is 0. The Morgan fingerprint density at radius 2 is 1.95 bits per heavy atom. The molecule has 0 aliphatic carbocycles. The zero-order valence-corrected chi connectivity index (χ0v) is 11.9. The Hall–Kier alpha value is -1.91. The quantitative estimate of drug-likeness (QED) is 0.760. The van der Waals surface area contributed by atoms with Crippen molar-refractivity contribution in [3.05, 3.63) is 36.7 Å². The van der Waals surface area contributed by atoms with E-state index in [2.05, 4.69) is 18.5 Å². The molecule has 0 bridgehead atoms. The van der Waals surface area contributed by atoms with E-state index in [4.69, 9.17) is 10.5 Å². The van der Waals surface area contributed by atoms with Gasteiger partial charge in [0.05, 0.1) is 17.4 Å². The number of nitrogens with two attached hydrogens (primary N) is 1. The fourth-order valence-corrected chi connectivity index (χ4v) is 1.64. The maximum Gasteiger partial charge on any atom is 0.410 e. The van der Waals surface area contributed by atoms with E-state index < -0.39 is 5.60 Å². The predicted octanol–water partition coefficient (Wildman–Crippen LogP) is 1.74. The van der Waals surface area contributed by atoms with Gasteiger partial charge in [0.1, 0.15) is 5.60 Å². The zero-order valence-electron chi connectivity index (χ0n) is 11.9. The van der Waals surface area contributed by atoms with Crippen LogP contribution in [0.3, 0.4) is 0 Å². The van der Waals surface area contributed by atoms with E-state index in [1.165, 1.54) is 0 Å². The highest BCUT2D eigenvalue weighted by molar-refractivity contribution is 5.69. The Labute approximate surface area is 114 Å². The van der Waals surface area contributed by atoms with E-state index in [0.717, 1.165) is 5.70 Å². The molecule has 0 aromatic heterocycles. The van der Waals surface area contributed by atoms with E-state index in [9.17, 15) is 4.79 Å². The number of rotatable bonds is 4. The lowest BCUT2D eigenvalue weighted by Gasteiger charge is -2.40. The van der Waals surface area contributed by atoms with Gasteiger partial charge >= 0.3 is 6.09 Å². The van der Waals surface area contributed by atoms with Crippen molar-refractivity contribution in [1.82, 2.24) is 10.2 Å². The van der Waals surface area contributed by atoms with Crippen molar-refractivity contribution in [1.29, 1.82) is 0 Å². The van der Waals surface area contributed by atoms with Crippen LogP contribution in [0.5, 0.6) is 0 Å².